The molecule has 0 fully saturated rings. The SMILES string of the molecule is Oc1ccc(Cl)cc1Nc1ccnc2ccc(Cl)cc12. The van der Waals surface area contributed by atoms with Crippen LogP contribution < -0.4 is 5.32 Å². The minimum atomic E-state index is 0.126. The van der Waals surface area contributed by atoms with E-state index in [1.165, 1.54) is 0 Å². The number of halogens is 2. The van der Waals surface area contributed by atoms with Gasteiger partial charge in [0.1, 0.15) is 5.75 Å². The lowest BCUT2D eigenvalue weighted by Gasteiger charge is -2.11. The van der Waals surface area contributed by atoms with E-state index in [0.717, 1.165) is 16.6 Å². The molecule has 0 saturated carbocycles. The Morgan fingerprint density at radius 3 is 2.50 bits per heavy atom. The van der Waals surface area contributed by atoms with Gasteiger partial charge in [-0.25, -0.2) is 0 Å². The van der Waals surface area contributed by atoms with Gasteiger partial charge in [-0.15, -0.1) is 0 Å². The van der Waals surface area contributed by atoms with Crippen LogP contribution in [0.25, 0.3) is 10.9 Å². The first-order chi connectivity index (χ1) is 9.63. The van der Waals surface area contributed by atoms with Gasteiger partial charge in [0, 0.05) is 27.3 Å². The fourth-order valence-electron chi connectivity index (χ4n) is 1.98. The highest BCUT2D eigenvalue weighted by Crippen LogP contribution is 2.32. The lowest BCUT2D eigenvalue weighted by atomic mass is 10.1. The summed E-state index contributed by atoms with van der Waals surface area (Å²) in [6, 6.07) is 12.1. The standard InChI is InChI=1S/C15H10Cl2N2O/c16-9-1-3-12-11(7-9)13(5-6-18-12)19-14-8-10(17)2-4-15(14)20/h1-8,20H,(H,18,19). The minimum Gasteiger partial charge on any atom is -0.506 e. The highest BCUT2D eigenvalue weighted by Gasteiger charge is 2.06. The number of anilines is 2. The van der Waals surface area contributed by atoms with Crippen LogP contribution in [0.15, 0.2) is 48.7 Å². The Labute approximate surface area is 125 Å². The van der Waals surface area contributed by atoms with Crippen molar-refractivity contribution < 1.29 is 5.11 Å². The van der Waals surface area contributed by atoms with E-state index >= 15 is 0 Å². The van der Waals surface area contributed by atoms with Crippen molar-refractivity contribution >= 4 is 45.5 Å². The second-order valence-corrected chi connectivity index (χ2v) is 5.18. The molecule has 20 heavy (non-hydrogen) atoms. The molecule has 0 spiro atoms. The van der Waals surface area contributed by atoms with Crippen LogP contribution >= 0.6 is 23.2 Å². The number of nitrogens with zero attached hydrogens (tertiary/aromatic N) is 1. The predicted octanol–water partition coefficient (Wildman–Crippen LogP) is 4.99. The minimum absolute atomic E-state index is 0.126. The zero-order valence-electron chi connectivity index (χ0n) is 10.3. The maximum Gasteiger partial charge on any atom is 0.139 e. The number of hydrogen-bond acceptors (Lipinski definition) is 3. The molecule has 0 unspecified atom stereocenters. The Balaban J connectivity index is 2.10. The number of aromatic hydroxyl groups is 1. The van der Waals surface area contributed by atoms with Crippen molar-refractivity contribution in [3.8, 4) is 5.75 Å². The lowest BCUT2D eigenvalue weighted by Crippen LogP contribution is -1.93. The van der Waals surface area contributed by atoms with Gasteiger partial charge in [-0.05, 0) is 42.5 Å². The molecule has 100 valence electrons. The largest absolute Gasteiger partial charge is 0.506 e. The molecule has 0 radical (unpaired) electrons. The van der Waals surface area contributed by atoms with Crippen LogP contribution in [0.3, 0.4) is 0 Å². The van der Waals surface area contributed by atoms with Crippen molar-refractivity contribution in [3.05, 3.63) is 58.7 Å². The van der Waals surface area contributed by atoms with Gasteiger partial charge in [-0.3, -0.25) is 4.98 Å². The average molecular weight is 305 g/mol. The molecule has 0 atom stereocenters. The Hall–Kier alpha value is -1.97. The predicted molar refractivity (Wildman–Crippen MR) is 83.2 cm³/mol. The molecule has 0 aliphatic carbocycles. The summed E-state index contributed by atoms with van der Waals surface area (Å²) in [7, 11) is 0. The zero-order valence-corrected chi connectivity index (χ0v) is 11.8. The first-order valence-electron chi connectivity index (χ1n) is 5.93. The van der Waals surface area contributed by atoms with Gasteiger partial charge in [-0.2, -0.15) is 0 Å². The number of hydrogen-bond donors (Lipinski definition) is 2. The van der Waals surface area contributed by atoms with Crippen molar-refractivity contribution in [1.82, 2.24) is 4.98 Å². The first kappa shape index (κ1) is 13.0. The molecule has 3 aromatic rings. The quantitative estimate of drug-likeness (QED) is 0.656. The maximum absolute atomic E-state index is 9.86. The molecule has 3 rings (SSSR count). The van der Waals surface area contributed by atoms with Gasteiger partial charge < -0.3 is 10.4 Å². The van der Waals surface area contributed by atoms with E-state index < -0.39 is 0 Å². The highest BCUT2D eigenvalue weighted by atomic mass is 35.5. The van der Waals surface area contributed by atoms with Crippen LogP contribution in [0.1, 0.15) is 0 Å². The molecular weight excluding hydrogens is 295 g/mol. The molecule has 1 aromatic heterocycles. The van der Waals surface area contributed by atoms with Gasteiger partial charge >= 0.3 is 0 Å². The lowest BCUT2D eigenvalue weighted by molar-refractivity contribution is 0.478. The van der Waals surface area contributed by atoms with Crippen LogP contribution in [0.2, 0.25) is 10.0 Å². The molecule has 2 N–H and O–H groups in total. The van der Waals surface area contributed by atoms with Gasteiger partial charge in [-0.1, -0.05) is 23.2 Å². The van der Waals surface area contributed by atoms with Crippen LogP contribution in [0.4, 0.5) is 11.4 Å². The molecule has 5 heteroatoms. The van der Waals surface area contributed by atoms with E-state index in [-0.39, 0.29) is 5.75 Å². The molecule has 0 amide bonds. The number of benzene rings is 2. The van der Waals surface area contributed by atoms with Gasteiger partial charge in [0.2, 0.25) is 0 Å². The van der Waals surface area contributed by atoms with Crippen molar-refractivity contribution in [2.24, 2.45) is 0 Å². The third kappa shape index (κ3) is 2.50. The first-order valence-corrected chi connectivity index (χ1v) is 6.69. The summed E-state index contributed by atoms with van der Waals surface area (Å²) in [5, 5.41) is 15.1. The van der Waals surface area contributed by atoms with E-state index in [1.54, 1.807) is 30.5 Å². The van der Waals surface area contributed by atoms with Crippen LogP contribution in [-0.4, -0.2) is 10.1 Å². The molecule has 2 aromatic carbocycles. The van der Waals surface area contributed by atoms with E-state index in [4.69, 9.17) is 23.2 Å². The average Bonchev–Trinajstić information content (AvgIpc) is 2.43. The summed E-state index contributed by atoms with van der Waals surface area (Å²) in [6.07, 6.45) is 1.69. The molecule has 0 aliphatic heterocycles. The van der Waals surface area contributed by atoms with E-state index in [1.807, 2.05) is 18.2 Å². The molecule has 3 nitrogen and oxygen atoms in total. The van der Waals surface area contributed by atoms with Gasteiger partial charge in [0.15, 0.2) is 0 Å². The zero-order chi connectivity index (χ0) is 14.1. The number of phenolic OH excluding ortho intramolecular Hbond substituents is 1. The fourth-order valence-corrected chi connectivity index (χ4v) is 2.33. The number of nitrogens with one attached hydrogen (secondary N) is 1. The monoisotopic (exact) mass is 304 g/mol. The Morgan fingerprint density at radius 2 is 1.65 bits per heavy atom. The Bertz CT molecular complexity index is 790. The van der Waals surface area contributed by atoms with Crippen molar-refractivity contribution in [1.29, 1.82) is 0 Å². The number of pyridine rings is 1. The van der Waals surface area contributed by atoms with Gasteiger partial charge in [0.05, 0.1) is 11.2 Å². The number of aromatic nitrogens is 1. The van der Waals surface area contributed by atoms with Crippen molar-refractivity contribution in [2.45, 2.75) is 0 Å². The molecule has 0 bridgehead atoms. The molecular formula is C15H10Cl2N2O. The highest BCUT2D eigenvalue weighted by molar-refractivity contribution is 6.31. The summed E-state index contributed by atoms with van der Waals surface area (Å²) in [4.78, 5) is 4.28. The van der Waals surface area contributed by atoms with E-state index in [2.05, 4.69) is 10.3 Å². The maximum atomic E-state index is 9.86. The number of phenols is 1. The van der Waals surface area contributed by atoms with Crippen LogP contribution in [0.5, 0.6) is 5.75 Å². The Morgan fingerprint density at radius 1 is 0.900 bits per heavy atom. The summed E-state index contributed by atoms with van der Waals surface area (Å²) in [6.45, 7) is 0. The second-order valence-electron chi connectivity index (χ2n) is 4.31. The normalized spacial score (nSPS) is 10.7. The van der Waals surface area contributed by atoms with E-state index in [9.17, 15) is 5.11 Å². The molecule has 0 aliphatic rings. The number of fused-ring (bicyclic) bond motifs is 1. The van der Waals surface area contributed by atoms with Crippen LogP contribution in [0, 0.1) is 0 Å². The van der Waals surface area contributed by atoms with Crippen LogP contribution in [-0.2, 0) is 0 Å². The topological polar surface area (TPSA) is 45.1 Å². The van der Waals surface area contributed by atoms with Gasteiger partial charge in [0.25, 0.3) is 0 Å². The van der Waals surface area contributed by atoms with E-state index in [0.29, 0.717) is 15.7 Å². The third-order valence-electron chi connectivity index (χ3n) is 2.93. The summed E-state index contributed by atoms with van der Waals surface area (Å²) < 4.78 is 0. The van der Waals surface area contributed by atoms with Crippen molar-refractivity contribution in [3.63, 3.8) is 0 Å². The number of rotatable bonds is 2. The fraction of sp³-hybridized carbons (Fsp3) is 0. The Kier molecular flexibility index (Phi) is 3.38. The summed E-state index contributed by atoms with van der Waals surface area (Å²) in [5.41, 5.74) is 2.15. The molecule has 0 saturated heterocycles. The second kappa shape index (κ2) is 5.19. The molecule has 1 heterocycles. The third-order valence-corrected chi connectivity index (χ3v) is 3.40. The summed E-state index contributed by atoms with van der Waals surface area (Å²) >= 11 is 12.0. The smallest absolute Gasteiger partial charge is 0.139 e. The summed E-state index contributed by atoms with van der Waals surface area (Å²) in [5.74, 6) is 0.126. The van der Waals surface area contributed by atoms with Crippen molar-refractivity contribution in [2.75, 3.05) is 5.32 Å².